The Kier molecular flexibility index (Phi) is 4.89. The van der Waals surface area contributed by atoms with Gasteiger partial charge in [-0.15, -0.1) is 0 Å². The van der Waals surface area contributed by atoms with E-state index in [-0.39, 0.29) is 17.7 Å². The summed E-state index contributed by atoms with van der Waals surface area (Å²) in [5.74, 6) is -1.28. The standard InChI is InChI=1S/C19H18N4O4/c1-2-15(17(25)21-13-9-5-3-7-11(13)16(20)24)23-18(26)12-8-4-6-10-14(12)22-19(23)27/h3-10,15H,2H2,1H3,(H2,20,24)(H,21,25)(H,22,27)/t15-/m1/s1. The van der Waals surface area contributed by atoms with Gasteiger partial charge in [-0.25, -0.2) is 9.36 Å². The lowest BCUT2D eigenvalue weighted by atomic mass is 10.1. The van der Waals surface area contributed by atoms with Crippen molar-refractivity contribution in [2.75, 3.05) is 5.32 Å². The third-order valence-electron chi connectivity index (χ3n) is 4.29. The van der Waals surface area contributed by atoms with Crippen LogP contribution in [0, 0.1) is 0 Å². The van der Waals surface area contributed by atoms with Gasteiger partial charge in [-0.2, -0.15) is 0 Å². The Balaban J connectivity index is 2.05. The maximum atomic E-state index is 12.8. The lowest BCUT2D eigenvalue weighted by Crippen LogP contribution is -2.42. The second-order valence-corrected chi connectivity index (χ2v) is 5.97. The van der Waals surface area contributed by atoms with Crippen LogP contribution in [0.25, 0.3) is 10.9 Å². The quantitative estimate of drug-likeness (QED) is 0.630. The molecule has 8 nitrogen and oxygen atoms in total. The van der Waals surface area contributed by atoms with E-state index in [1.54, 1.807) is 43.3 Å². The zero-order valence-corrected chi connectivity index (χ0v) is 14.6. The van der Waals surface area contributed by atoms with Crippen molar-refractivity contribution in [3.05, 3.63) is 74.9 Å². The van der Waals surface area contributed by atoms with E-state index in [4.69, 9.17) is 5.73 Å². The van der Waals surface area contributed by atoms with Crippen molar-refractivity contribution in [3.63, 3.8) is 0 Å². The molecule has 3 aromatic rings. The molecule has 0 aliphatic rings. The van der Waals surface area contributed by atoms with Crippen molar-refractivity contribution in [2.45, 2.75) is 19.4 Å². The van der Waals surface area contributed by atoms with Crippen molar-refractivity contribution < 1.29 is 9.59 Å². The maximum Gasteiger partial charge on any atom is 0.329 e. The van der Waals surface area contributed by atoms with E-state index in [1.165, 1.54) is 12.1 Å². The molecule has 1 atom stereocenters. The Morgan fingerprint density at radius 3 is 2.48 bits per heavy atom. The molecule has 0 saturated carbocycles. The minimum Gasteiger partial charge on any atom is -0.366 e. The Morgan fingerprint density at radius 2 is 1.78 bits per heavy atom. The first-order valence-corrected chi connectivity index (χ1v) is 8.37. The number of aromatic amines is 1. The number of primary amides is 1. The van der Waals surface area contributed by atoms with Gasteiger partial charge in [0.05, 0.1) is 22.2 Å². The first-order chi connectivity index (χ1) is 12.9. The number of nitrogens with one attached hydrogen (secondary N) is 2. The van der Waals surface area contributed by atoms with Gasteiger partial charge in [0.15, 0.2) is 0 Å². The second kappa shape index (κ2) is 7.28. The lowest BCUT2D eigenvalue weighted by molar-refractivity contribution is -0.119. The van der Waals surface area contributed by atoms with Crippen LogP contribution in [0.4, 0.5) is 5.69 Å². The fourth-order valence-corrected chi connectivity index (χ4v) is 2.97. The van der Waals surface area contributed by atoms with Gasteiger partial charge in [-0.05, 0) is 30.7 Å². The van der Waals surface area contributed by atoms with Gasteiger partial charge < -0.3 is 16.0 Å². The van der Waals surface area contributed by atoms with E-state index < -0.39 is 29.1 Å². The van der Waals surface area contributed by atoms with Crippen LogP contribution in [0.1, 0.15) is 29.7 Å². The number of carbonyl (C=O) groups excluding carboxylic acids is 2. The van der Waals surface area contributed by atoms with Crippen LogP contribution in [0.5, 0.6) is 0 Å². The molecular weight excluding hydrogens is 348 g/mol. The van der Waals surface area contributed by atoms with E-state index in [2.05, 4.69) is 10.3 Å². The molecule has 0 aliphatic heterocycles. The van der Waals surface area contributed by atoms with Gasteiger partial charge in [-0.3, -0.25) is 14.4 Å². The Hall–Kier alpha value is -3.68. The highest BCUT2D eigenvalue weighted by molar-refractivity contribution is 6.03. The molecule has 0 bridgehead atoms. The molecule has 0 fully saturated rings. The van der Waals surface area contributed by atoms with E-state index in [0.29, 0.717) is 10.9 Å². The van der Waals surface area contributed by atoms with Crippen molar-refractivity contribution in [1.82, 2.24) is 9.55 Å². The number of anilines is 1. The summed E-state index contributed by atoms with van der Waals surface area (Å²) in [6.07, 6.45) is 0.200. The summed E-state index contributed by atoms with van der Waals surface area (Å²) in [6, 6.07) is 11.8. The number of H-pyrrole nitrogens is 1. The summed E-state index contributed by atoms with van der Waals surface area (Å²) in [7, 11) is 0. The molecule has 0 saturated heterocycles. The maximum absolute atomic E-state index is 12.8. The predicted molar refractivity (Wildman–Crippen MR) is 102 cm³/mol. The molecule has 1 heterocycles. The number of nitrogens with two attached hydrogens (primary N) is 1. The number of carbonyl (C=O) groups is 2. The highest BCUT2D eigenvalue weighted by atomic mass is 16.2. The molecule has 3 rings (SSSR count). The average molecular weight is 366 g/mol. The van der Waals surface area contributed by atoms with Gasteiger partial charge >= 0.3 is 5.69 Å². The fraction of sp³-hybridized carbons (Fsp3) is 0.158. The molecule has 8 heteroatoms. The van der Waals surface area contributed by atoms with Crippen LogP contribution >= 0.6 is 0 Å². The molecule has 1 aromatic heterocycles. The van der Waals surface area contributed by atoms with E-state index in [0.717, 1.165) is 4.57 Å². The lowest BCUT2D eigenvalue weighted by Gasteiger charge is -2.18. The number of benzene rings is 2. The normalized spacial score (nSPS) is 11.9. The van der Waals surface area contributed by atoms with Gasteiger partial charge in [0.2, 0.25) is 5.91 Å². The second-order valence-electron chi connectivity index (χ2n) is 5.97. The van der Waals surface area contributed by atoms with E-state index in [9.17, 15) is 19.2 Å². The molecule has 0 radical (unpaired) electrons. The highest BCUT2D eigenvalue weighted by Crippen LogP contribution is 2.18. The number of nitrogens with zero attached hydrogens (tertiary/aromatic N) is 1. The SMILES string of the molecule is CC[C@H](C(=O)Nc1ccccc1C(N)=O)n1c(=O)[nH]c2ccccc2c1=O. The number of hydrogen-bond acceptors (Lipinski definition) is 4. The van der Waals surface area contributed by atoms with Crippen LogP contribution < -0.4 is 22.3 Å². The zero-order chi connectivity index (χ0) is 19.6. The monoisotopic (exact) mass is 366 g/mol. The van der Waals surface area contributed by atoms with Crippen LogP contribution in [-0.4, -0.2) is 21.4 Å². The van der Waals surface area contributed by atoms with Crippen LogP contribution in [0.15, 0.2) is 58.1 Å². The van der Waals surface area contributed by atoms with Gasteiger partial charge in [0.25, 0.3) is 11.5 Å². The number of hydrogen-bond donors (Lipinski definition) is 3. The van der Waals surface area contributed by atoms with Crippen LogP contribution in [-0.2, 0) is 4.79 Å². The van der Waals surface area contributed by atoms with Crippen molar-refractivity contribution in [3.8, 4) is 0 Å². The third-order valence-corrected chi connectivity index (χ3v) is 4.29. The molecular formula is C19H18N4O4. The van der Waals surface area contributed by atoms with Gasteiger partial charge in [0, 0.05) is 0 Å². The van der Waals surface area contributed by atoms with Crippen molar-refractivity contribution in [2.24, 2.45) is 5.73 Å². The first kappa shape index (κ1) is 18.1. The van der Waals surface area contributed by atoms with E-state index >= 15 is 0 Å². The average Bonchev–Trinajstić information content (AvgIpc) is 2.65. The number of rotatable bonds is 5. The zero-order valence-electron chi connectivity index (χ0n) is 14.6. The Labute approximate surface area is 153 Å². The first-order valence-electron chi connectivity index (χ1n) is 8.37. The molecule has 0 spiro atoms. The number of para-hydroxylation sites is 2. The summed E-state index contributed by atoms with van der Waals surface area (Å²) < 4.78 is 0.893. The largest absolute Gasteiger partial charge is 0.366 e. The fourth-order valence-electron chi connectivity index (χ4n) is 2.97. The predicted octanol–water partition coefficient (Wildman–Crippen LogP) is 1.38. The third kappa shape index (κ3) is 3.37. The number of aromatic nitrogens is 2. The summed E-state index contributed by atoms with van der Waals surface area (Å²) >= 11 is 0. The number of amides is 2. The number of fused-ring (bicyclic) bond motifs is 1. The van der Waals surface area contributed by atoms with Crippen LogP contribution in [0.3, 0.4) is 0 Å². The Bertz CT molecular complexity index is 1150. The molecule has 2 amide bonds. The molecule has 138 valence electrons. The Morgan fingerprint density at radius 1 is 1.11 bits per heavy atom. The summed E-state index contributed by atoms with van der Waals surface area (Å²) in [4.78, 5) is 52.1. The molecule has 0 aliphatic carbocycles. The summed E-state index contributed by atoms with van der Waals surface area (Å²) in [6.45, 7) is 1.69. The smallest absolute Gasteiger partial charge is 0.329 e. The van der Waals surface area contributed by atoms with Crippen molar-refractivity contribution >= 4 is 28.4 Å². The van der Waals surface area contributed by atoms with Gasteiger partial charge in [-0.1, -0.05) is 31.2 Å². The summed E-state index contributed by atoms with van der Waals surface area (Å²) in [5, 5.41) is 2.90. The van der Waals surface area contributed by atoms with Crippen molar-refractivity contribution in [1.29, 1.82) is 0 Å². The molecule has 4 N–H and O–H groups in total. The summed E-state index contributed by atoms with van der Waals surface area (Å²) in [5.41, 5.74) is 4.85. The molecule has 2 aromatic carbocycles. The van der Waals surface area contributed by atoms with E-state index in [1.807, 2.05) is 0 Å². The molecule has 27 heavy (non-hydrogen) atoms. The molecule has 0 unspecified atom stereocenters. The van der Waals surface area contributed by atoms with Gasteiger partial charge in [0.1, 0.15) is 6.04 Å². The highest BCUT2D eigenvalue weighted by Gasteiger charge is 2.24. The minimum atomic E-state index is -1.05. The topological polar surface area (TPSA) is 127 Å². The minimum absolute atomic E-state index is 0.139. The van der Waals surface area contributed by atoms with Crippen LogP contribution in [0.2, 0.25) is 0 Å².